The van der Waals surface area contributed by atoms with Crippen LogP contribution >= 0.6 is 0 Å². The van der Waals surface area contributed by atoms with E-state index < -0.39 is 0 Å². The highest BCUT2D eigenvalue weighted by molar-refractivity contribution is 5.79. The molecule has 1 saturated heterocycles. The summed E-state index contributed by atoms with van der Waals surface area (Å²) in [6, 6.07) is 6.34. The monoisotopic (exact) mass is 316 g/mol. The summed E-state index contributed by atoms with van der Waals surface area (Å²) in [5.74, 6) is 1.07. The molecule has 122 valence electrons. The Morgan fingerprint density at radius 1 is 1.35 bits per heavy atom. The summed E-state index contributed by atoms with van der Waals surface area (Å²) in [7, 11) is 0. The van der Waals surface area contributed by atoms with Crippen LogP contribution < -0.4 is 0 Å². The van der Waals surface area contributed by atoms with Crippen molar-refractivity contribution in [2.24, 2.45) is 0 Å². The molecule has 2 aromatic rings. The minimum absolute atomic E-state index is 0.0817. The Balaban J connectivity index is 1.64. The van der Waals surface area contributed by atoms with E-state index in [1.54, 1.807) is 18.5 Å². The molecule has 3 rings (SSSR count). The minimum Gasteiger partial charge on any atom is -0.340 e. The number of hydrogen-bond acceptors (Lipinski definition) is 3. The van der Waals surface area contributed by atoms with Crippen LogP contribution in [0.3, 0.4) is 0 Å². The van der Waals surface area contributed by atoms with Gasteiger partial charge in [-0.2, -0.15) is 0 Å². The van der Waals surface area contributed by atoms with E-state index in [1.165, 1.54) is 12.1 Å². The topological polar surface area (TPSA) is 51.0 Å². The molecule has 1 atom stereocenters. The molecule has 0 saturated carbocycles. The largest absolute Gasteiger partial charge is 0.340 e. The molecule has 5 nitrogen and oxygen atoms in total. The maximum Gasteiger partial charge on any atom is 0.227 e. The lowest BCUT2D eigenvalue weighted by Crippen LogP contribution is -2.30. The molecule has 0 radical (unpaired) electrons. The van der Waals surface area contributed by atoms with Crippen molar-refractivity contribution in [1.29, 1.82) is 0 Å². The molecule has 2 heterocycles. The number of amides is 1. The van der Waals surface area contributed by atoms with Crippen LogP contribution in [0.15, 0.2) is 30.6 Å². The highest BCUT2D eigenvalue weighted by Crippen LogP contribution is 2.25. The van der Waals surface area contributed by atoms with Gasteiger partial charge in [0.15, 0.2) is 0 Å². The van der Waals surface area contributed by atoms with E-state index >= 15 is 0 Å². The number of likely N-dealkylation sites (tertiary alicyclic amines) is 1. The van der Waals surface area contributed by atoms with Crippen molar-refractivity contribution in [1.82, 2.24) is 19.7 Å². The molecule has 0 aliphatic carbocycles. The molecule has 6 heteroatoms. The van der Waals surface area contributed by atoms with Crippen molar-refractivity contribution in [2.75, 3.05) is 13.1 Å². The van der Waals surface area contributed by atoms with E-state index in [-0.39, 0.29) is 17.8 Å². The van der Waals surface area contributed by atoms with Crippen molar-refractivity contribution < 1.29 is 9.18 Å². The molecular weight excluding hydrogens is 295 g/mol. The lowest BCUT2D eigenvalue weighted by atomic mass is 10.1. The molecule has 1 aliphatic heterocycles. The third-order valence-electron chi connectivity index (χ3n) is 4.30. The molecule has 0 bridgehead atoms. The summed E-state index contributed by atoms with van der Waals surface area (Å²) in [6.07, 6.45) is 2.98. The summed E-state index contributed by atoms with van der Waals surface area (Å²) in [5.41, 5.74) is 0.840. The van der Waals surface area contributed by atoms with Crippen molar-refractivity contribution in [3.63, 3.8) is 0 Å². The van der Waals surface area contributed by atoms with E-state index in [0.717, 1.165) is 24.4 Å². The van der Waals surface area contributed by atoms with Gasteiger partial charge in [-0.15, -0.1) is 10.2 Å². The predicted molar refractivity (Wildman–Crippen MR) is 84.4 cm³/mol. The van der Waals surface area contributed by atoms with Crippen LogP contribution in [0.5, 0.6) is 0 Å². The normalized spacial score (nSPS) is 17.9. The Hall–Kier alpha value is -2.24. The van der Waals surface area contributed by atoms with E-state index in [4.69, 9.17) is 0 Å². The highest BCUT2D eigenvalue weighted by Gasteiger charge is 2.29. The van der Waals surface area contributed by atoms with Gasteiger partial charge in [0.1, 0.15) is 18.0 Å². The fourth-order valence-corrected chi connectivity index (χ4v) is 3.03. The van der Waals surface area contributed by atoms with Gasteiger partial charge in [-0.3, -0.25) is 4.79 Å². The number of benzene rings is 1. The summed E-state index contributed by atoms with van der Waals surface area (Å²) < 4.78 is 15.0. The molecule has 1 aromatic heterocycles. The van der Waals surface area contributed by atoms with Gasteiger partial charge < -0.3 is 9.47 Å². The molecular formula is C17H21FN4O. The fourth-order valence-electron chi connectivity index (χ4n) is 3.03. The third-order valence-corrected chi connectivity index (χ3v) is 4.30. The van der Waals surface area contributed by atoms with Gasteiger partial charge in [0.2, 0.25) is 5.91 Å². The van der Waals surface area contributed by atoms with E-state index in [9.17, 15) is 9.18 Å². The maximum absolute atomic E-state index is 12.9. The van der Waals surface area contributed by atoms with Crippen LogP contribution in [0.25, 0.3) is 0 Å². The van der Waals surface area contributed by atoms with Crippen molar-refractivity contribution in [2.45, 2.75) is 38.6 Å². The highest BCUT2D eigenvalue weighted by atomic mass is 19.1. The molecule has 0 spiro atoms. The van der Waals surface area contributed by atoms with Gasteiger partial charge in [-0.1, -0.05) is 26.0 Å². The SMILES string of the molecule is CC(C)c1nncn1C1CCN(C(=O)Cc2ccc(F)cc2)C1. The smallest absolute Gasteiger partial charge is 0.227 e. The van der Waals surface area contributed by atoms with Crippen molar-refractivity contribution in [3.8, 4) is 0 Å². The molecule has 1 amide bonds. The lowest BCUT2D eigenvalue weighted by molar-refractivity contribution is -0.129. The first-order valence-electron chi connectivity index (χ1n) is 7.96. The zero-order chi connectivity index (χ0) is 16.4. The van der Waals surface area contributed by atoms with Crippen molar-refractivity contribution in [3.05, 3.63) is 47.8 Å². The Morgan fingerprint density at radius 3 is 2.78 bits per heavy atom. The van der Waals surface area contributed by atoms with Gasteiger partial charge in [0.25, 0.3) is 0 Å². The van der Waals surface area contributed by atoms with Gasteiger partial charge in [-0.05, 0) is 24.1 Å². The molecule has 1 fully saturated rings. The molecule has 1 unspecified atom stereocenters. The van der Waals surface area contributed by atoms with Crippen LogP contribution in [0.2, 0.25) is 0 Å². The average molecular weight is 316 g/mol. The Labute approximate surface area is 135 Å². The van der Waals surface area contributed by atoms with E-state index in [2.05, 4.69) is 28.6 Å². The number of carbonyl (C=O) groups is 1. The number of carbonyl (C=O) groups excluding carboxylic acids is 1. The van der Waals surface area contributed by atoms with Crippen LogP contribution in [0.4, 0.5) is 4.39 Å². The average Bonchev–Trinajstić information content (AvgIpc) is 3.17. The van der Waals surface area contributed by atoms with Gasteiger partial charge in [-0.25, -0.2) is 4.39 Å². The Kier molecular flexibility index (Phi) is 4.41. The number of hydrogen-bond donors (Lipinski definition) is 0. The van der Waals surface area contributed by atoms with Crippen molar-refractivity contribution >= 4 is 5.91 Å². The zero-order valence-electron chi connectivity index (χ0n) is 13.4. The predicted octanol–water partition coefficient (Wildman–Crippen LogP) is 2.56. The second-order valence-electron chi connectivity index (χ2n) is 6.34. The molecule has 1 aliphatic rings. The minimum atomic E-state index is -0.281. The molecule has 0 N–H and O–H groups in total. The maximum atomic E-state index is 12.9. The van der Waals surface area contributed by atoms with Crippen LogP contribution in [0.1, 0.15) is 43.6 Å². The third kappa shape index (κ3) is 3.41. The summed E-state index contributed by atoms with van der Waals surface area (Å²) in [5, 5.41) is 8.19. The first-order chi connectivity index (χ1) is 11.0. The molecule has 23 heavy (non-hydrogen) atoms. The summed E-state index contributed by atoms with van der Waals surface area (Å²) in [4.78, 5) is 14.3. The number of rotatable bonds is 4. The lowest BCUT2D eigenvalue weighted by Gasteiger charge is -2.18. The second-order valence-corrected chi connectivity index (χ2v) is 6.34. The van der Waals surface area contributed by atoms with Crippen LogP contribution in [-0.2, 0) is 11.2 Å². The number of halogens is 1. The van der Waals surface area contributed by atoms with Gasteiger partial charge in [0.05, 0.1) is 12.5 Å². The van der Waals surface area contributed by atoms with E-state index in [0.29, 0.717) is 18.9 Å². The standard InChI is InChI=1S/C17H21FN4O/c1-12(2)17-20-19-11-22(17)15-7-8-21(10-15)16(23)9-13-3-5-14(18)6-4-13/h3-6,11-12,15H,7-10H2,1-2H3. The fraction of sp³-hybridized carbons (Fsp3) is 0.471. The van der Waals surface area contributed by atoms with Crippen LogP contribution in [0, 0.1) is 5.82 Å². The number of aromatic nitrogens is 3. The van der Waals surface area contributed by atoms with E-state index in [1.807, 2.05) is 4.90 Å². The second kappa shape index (κ2) is 6.48. The summed E-state index contributed by atoms with van der Waals surface area (Å²) in [6.45, 7) is 5.60. The first-order valence-corrected chi connectivity index (χ1v) is 7.96. The van der Waals surface area contributed by atoms with Gasteiger partial charge in [0, 0.05) is 19.0 Å². The first kappa shape index (κ1) is 15.6. The Morgan fingerprint density at radius 2 is 2.09 bits per heavy atom. The van der Waals surface area contributed by atoms with Crippen LogP contribution in [-0.4, -0.2) is 38.7 Å². The summed E-state index contributed by atoms with van der Waals surface area (Å²) >= 11 is 0. The Bertz CT molecular complexity index is 680. The molecule has 1 aromatic carbocycles. The zero-order valence-corrected chi connectivity index (χ0v) is 13.4. The quantitative estimate of drug-likeness (QED) is 0.871. The number of nitrogens with zero attached hydrogens (tertiary/aromatic N) is 4. The van der Waals surface area contributed by atoms with Gasteiger partial charge >= 0.3 is 0 Å².